The third-order valence-electron chi connectivity index (χ3n) is 7.02. The molecule has 2 N–H and O–H groups in total. The fourth-order valence-electron chi connectivity index (χ4n) is 4.96. The Morgan fingerprint density at radius 3 is 2.46 bits per heavy atom. The van der Waals surface area contributed by atoms with Crippen molar-refractivity contribution in [2.75, 3.05) is 30.8 Å². The predicted octanol–water partition coefficient (Wildman–Crippen LogP) is 5.61. The minimum absolute atomic E-state index is 0.0531. The first-order valence-corrected chi connectivity index (χ1v) is 13.0. The lowest BCUT2D eigenvalue weighted by Gasteiger charge is -2.32. The van der Waals surface area contributed by atoms with Gasteiger partial charge in [-0.05, 0) is 78.4 Å². The monoisotopic (exact) mass is 522 g/mol. The van der Waals surface area contributed by atoms with Crippen molar-refractivity contribution >= 4 is 40.2 Å². The lowest BCUT2D eigenvalue weighted by atomic mass is 9.89. The van der Waals surface area contributed by atoms with Crippen LogP contribution in [0.2, 0.25) is 0 Å². The summed E-state index contributed by atoms with van der Waals surface area (Å²) in [6.45, 7) is 1.30. The SMILES string of the molecule is COC(=O)Nc1cccc(C(=O)N2CCC(c3ccc(NC(=O)Cc4ccc5ncccc5c4)cc3)CC2)c1. The number of nitrogens with one attached hydrogen (secondary N) is 2. The summed E-state index contributed by atoms with van der Waals surface area (Å²) in [5, 5.41) is 6.60. The van der Waals surface area contributed by atoms with Crippen molar-refractivity contribution < 1.29 is 19.1 Å². The van der Waals surface area contributed by atoms with E-state index in [1.54, 1.807) is 30.5 Å². The number of aromatic nitrogens is 1. The molecule has 3 aromatic carbocycles. The molecule has 1 saturated heterocycles. The van der Waals surface area contributed by atoms with E-state index in [0.717, 1.165) is 35.0 Å². The summed E-state index contributed by atoms with van der Waals surface area (Å²) in [5.74, 6) is 0.226. The number of ether oxygens (including phenoxy) is 1. The quantitative estimate of drug-likeness (QED) is 0.343. The first-order valence-electron chi connectivity index (χ1n) is 13.0. The average Bonchev–Trinajstić information content (AvgIpc) is 2.97. The fraction of sp³-hybridized carbons (Fsp3) is 0.226. The van der Waals surface area contributed by atoms with E-state index in [9.17, 15) is 14.4 Å². The second-order valence-electron chi connectivity index (χ2n) is 9.64. The van der Waals surface area contributed by atoms with Crippen LogP contribution in [-0.4, -0.2) is 48.0 Å². The van der Waals surface area contributed by atoms with Gasteiger partial charge in [0.1, 0.15) is 0 Å². The standard InChI is InChI=1S/C31H30N4O4/c1-39-31(38)34-27-6-2-4-25(20-27)30(37)35-16-13-23(14-17-35)22-8-10-26(11-9-22)33-29(36)19-21-7-12-28-24(18-21)5-3-15-32-28/h2-12,15,18,20,23H,13-14,16-17,19H2,1H3,(H,33,36)(H,34,38). The van der Waals surface area contributed by atoms with E-state index in [2.05, 4.69) is 32.5 Å². The van der Waals surface area contributed by atoms with Gasteiger partial charge in [0.25, 0.3) is 5.91 Å². The first kappa shape index (κ1) is 25.9. The Morgan fingerprint density at radius 1 is 0.897 bits per heavy atom. The van der Waals surface area contributed by atoms with Crippen LogP contribution in [0.1, 0.15) is 40.2 Å². The van der Waals surface area contributed by atoms with Gasteiger partial charge in [0.2, 0.25) is 5.91 Å². The van der Waals surface area contributed by atoms with Crippen molar-refractivity contribution in [1.82, 2.24) is 9.88 Å². The molecule has 1 fully saturated rings. The van der Waals surface area contributed by atoms with Gasteiger partial charge in [-0.1, -0.05) is 30.3 Å². The number of piperidine rings is 1. The molecular weight excluding hydrogens is 492 g/mol. The molecule has 0 atom stereocenters. The maximum Gasteiger partial charge on any atom is 0.411 e. The largest absolute Gasteiger partial charge is 0.453 e. The summed E-state index contributed by atoms with van der Waals surface area (Å²) in [6.07, 6.45) is 3.19. The predicted molar refractivity (Wildman–Crippen MR) is 151 cm³/mol. The van der Waals surface area contributed by atoms with Gasteiger partial charge in [0, 0.05) is 41.6 Å². The highest BCUT2D eigenvalue weighted by Gasteiger charge is 2.25. The minimum Gasteiger partial charge on any atom is -0.453 e. The van der Waals surface area contributed by atoms with Crippen molar-refractivity contribution in [2.24, 2.45) is 0 Å². The molecule has 1 aliphatic heterocycles. The maximum atomic E-state index is 13.0. The summed E-state index contributed by atoms with van der Waals surface area (Å²) < 4.78 is 4.62. The minimum atomic E-state index is -0.575. The van der Waals surface area contributed by atoms with Crippen LogP contribution < -0.4 is 10.6 Å². The van der Waals surface area contributed by atoms with Crippen molar-refractivity contribution in [3.63, 3.8) is 0 Å². The highest BCUT2D eigenvalue weighted by Crippen LogP contribution is 2.30. The summed E-state index contributed by atoms with van der Waals surface area (Å²) >= 11 is 0. The molecule has 3 amide bonds. The molecule has 0 unspecified atom stereocenters. The summed E-state index contributed by atoms with van der Waals surface area (Å²) in [4.78, 5) is 43.3. The Labute approximate surface area is 227 Å². The van der Waals surface area contributed by atoms with Crippen molar-refractivity contribution in [3.05, 3.63) is 102 Å². The lowest BCUT2D eigenvalue weighted by Crippen LogP contribution is -2.37. The third-order valence-corrected chi connectivity index (χ3v) is 7.02. The highest BCUT2D eigenvalue weighted by atomic mass is 16.5. The number of pyridine rings is 1. The Balaban J connectivity index is 1.13. The number of nitrogens with zero attached hydrogens (tertiary/aromatic N) is 2. The number of fused-ring (bicyclic) bond motifs is 1. The number of anilines is 2. The van der Waals surface area contributed by atoms with E-state index >= 15 is 0 Å². The zero-order valence-electron chi connectivity index (χ0n) is 21.7. The van der Waals surface area contributed by atoms with Gasteiger partial charge in [-0.25, -0.2) is 4.79 Å². The van der Waals surface area contributed by atoms with Crippen LogP contribution in [0.4, 0.5) is 16.2 Å². The molecule has 0 bridgehead atoms. The Kier molecular flexibility index (Phi) is 7.82. The smallest absolute Gasteiger partial charge is 0.411 e. The molecule has 0 spiro atoms. The molecule has 8 nitrogen and oxygen atoms in total. The topological polar surface area (TPSA) is 101 Å². The Morgan fingerprint density at radius 2 is 1.69 bits per heavy atom. The summed E-state index contributed by atoms with van der Waals surface area (Å²) in [6, 6.07) is 24.6. The second-order valence-corrected chi connectivity index (χ2v) is 9.64. The number of rotatable bonds is 6. The maximum absolute atomic E-state index is 13.0. The van der Waals surface area contributed by atoms with Gasteiger partial charge in [0.15, 0.2) is 0 Å². The van der Waals surface area contributed by atoms with Gasteiger partial charge in [-0.15, -0.1) is 0 Å². The number of carbonyl (C=O) groups is 3. The molecule has 0 saturated carbocycles. The number of hydrogen-bond acceptors (Lipinski definition) is 5. The first-order chi connectivity index (χ1) is 19.0. The molecule has 2 heterocycles. The van der Waals surface area contributed by atoms with Crippen molar-refractivity contribution in [2.45, 2.75) is 25.2 Å². The molecule has 5 rings (SSSR count). The Bertz CT molecular complexity index is 1490. The molecule has 0 aliphatic carbocycles. The highest BCUT2D eigenvalue weighted by molar-refractivity contribution is 5.96. The van der Waals surface area contributed by atoms with E-state index in [1.807, 2.05) is 47.4 Å². The normalized spacial score (nSPS) is 13.6. The lowest BCUT2D eigenvalue weighted by molar-refractivity contribution is -0.115. The Hall–Kier alpha value is -4.72. The van der Waals surface area contributed by atoms with Gasteiger partial charge < -0.3 is 15.0 Å². The van der Waals surface area contributed by atoms with Crippen LogP contribution in [0.25, 0.3) is 10.9 Å². The van der Waals surface area contributed by atoms with Crippen LogP contribution in [0.3, 0.4) is 0 Å². The fourth-order valence-corrected chi connectivity index (χ4v) is 4.96. The zero-order chi connectivity index (χ0) is 27.2. The van der Waals surface area contributed by atoms with E-state index in [1.165, 1.54) is 12.7 Å². The summed E-state index contributed by atoms with van der Waals surface area (Å²) in [7, 11) is 1.30. The van der Waals surface area contributed by atoms with Gasteiger partial charge in [0.05, 0.1) is 19.0 Å². The number of benzene rings is 3. The van der Waals surface area contributed by atoms with E-state index in [-0.39, 0.29) is 11.8 Å². The molecule has 1 aliphatic rings. The van der Waals surface area contributed by atoms with E-state index < -0.39 is 6.09 Å². The molecule has 0 radical (unpaired) electrons. The van der Waals surface area contributed by atoms with Gasteiger partial charge in [-0.2, -0.15) is 0 Å². The van der Waals surface area contributed by atoms with Crippen molar-refractivity contribution in [3.8, 4) is 0 Å². The average molecular weight is 523 g/mol. The van der Waals surface area contributed by atoms with E-state index in [0.29, 0.717) is 36.7 Å². The van der Waals surface area contributed by atoms with Crippen LogP contribution in [0.5, 0.6) is 0 Å². The molecule has 1 aromatic heterocycles. The van der Waals surface area contributed by atoms with Gasteiger partial charge >= 0.3 is 6.09 Å². The van der Waals surface area contributed by atoms with Gasteiger partial charge in [-0.3, -0.25) is 19.9 Å². The number of hydrogen-bond donors (Lipinski definition) is 2. The molecule has 39 heavy (non-hydrogen) atoms. The van der Waals surface area contributed by atoms with Crippen LogP contribution in [0.15, 0.2) is 85.1 Å². The number of amides is 3. The van der Waals surface area contributed by atoms with Crippen LogP contribution in [-0.2, 0) is 16.0 Å². The molecular formula is C31H30N4O4. The summed E-state index contributed by atoms with van der Waals surface area (Å²) in [5.41, 5.74) is 4.87. The number of carbonyl (C=O) groups excluding carboxylic acids is 3. The van der Waals surface area contributed by atoms with Crippen LogP contribution in [0, 0.1) is 0 Å². The third kappa shape index (κ3) is 6.41. The van der Waals surface area contributed by atoms with Crippen molar-refractivity contribution in [1.29, 1.82) is 0 Å². The zero-order valence-corrected chi connectivity index (χ0v) is 21.7. The molecule has 4 aromatic rings. The van der Waals surface area contributed by atoms with E-state index in [4.69, 9.17) is 0 Å². The molecule has 8 heteroatoms. The number of methoxy groups -OCH3 is 1. The number of likely N-dealkylation sites (tertiary alicyclic amines) is 1. The van der Waals surface area contributed by atoms with Crippen LogP contribution >= 0.6 is 0 Å². The second kappa shape index (κ2) is 11.8. The molecule has 198 valence electrons.